The molecule has 0 saturated carbocycles. The molecule has 0 fully saturated rings. The van der Waals surface area contributed by atoms with E-state index in [0.717, 1.165) is 31.5 Å². The van der Waals surface area contributed by atoms with Gasteiger partial charge < -0.3 is 14.7 Å². The first-order valence-corrected chi connectivity index (χ1v) is 9.57. The van der Waals surface area contributed by atoms with Gasteiger partial charge in [-0.2, -0.15) is 0 Å². The van der Waals surface area contributed by atoms with Gasteiger partial charge in [-0.1, -0.05) is 31.2 Å². The summed E-state index contributed by atoms with van der Waals surface area (Å²) in [5.41, 5.74) is 4.14. The molecule has 0 atom stereocenters. The average Bonchev–Trinajstić information content (AvgIpc) is 2.66. The third-order valence-electron chi connectivity index (χ3n) is 4.91. The van der Waals surface area contributed by atoms with Gasteiger partial charge in [0.25, 0.3) is 0 Å². The van der Waals surface area contributed by atoms with E-state index in [1.165, 1.54) is 23.7 Å². The lowest BCUT2D eigenvalue weighted by Gasteiger charge is -2.33. The molecule has 0 amide bonds. The van der Waals surface area contributed by atoms with Gasteiger partial charge in [-0.25, -0.2) is 4.39 Å². The van der Waals surface area contributed by atoms with Crippen molar-refractivity contribution in [1.82, 2.24) is 0 Å². The summed E-state index contributed by atoms with van der Waals surface area (Å²) in [5.74, 6) is -0.890. The topological polar surface area (TPSA) is 49.8 Å². The van der Waals surface area contributed by atoms with E-state index in [1.54, 1.807) is 12.1 Å². The van der Waals surface area contributed by atoms with Crippen molar-refractivity contribution in [2.75, 3.05) is 18.0 Å². The minimum atomic E-state index is -0.930. The quantitative estimate of drug-likeness (QED) is 0.738. The van der Waals surface area contributed by atoms with Gasteiger partial charge in [0.05, 0.1) is 0 Å². The molecule has 0 spiro atoms. The van der Waals surface area contributed by atoms with Gasteiger partial charge in [0.15, 0.2) is 0 Å². The molecule has 0 aromatic heterocycles. The lowest BCUT2D eigenvalue weighted by molar-refractivity contribution is -0.136. The molecule has 0 bridgehead atoms. The summed E-state index contributed by atoms with van der Waals surface area (Å²) in [4.78, 5) is 13.1. The highest BCUT2D eigenvalue weighted by molar-refractivity contribution is 5.67. The Hall–Kier alpha value is -2.56. The fourth-order valence-corrected chi connectivity index (χ4v) is 3.66. The first kappa shape index (κ1) is 19.2. The molecule has 2 aromatic carbocycles. The highest BCUT2D eigenvalue weighted by atomic mass is 19.1. The molecular formula is C22H26FNO3. The second-order valence-electron chi connectivity index (χ2n) is 6.95. The molecule has 144 valence electrons. The fourth-order valence-electron chi connectivity index (χ4n) is 3.66. The third kappa shape index (κ3) is 4.79. The summed E-state index contributed by atoms with van der Waals surface area (Å²) >= 11 is 0. The molecule has 1 aliphatic heterocycles. The van der Waals surface area contributed by atoms with Crippen LogP contribution in [-0.4, -0.2) is 24.2 Å². The number of anilines is 1. The van der Waals surface area contributed by atoms with Crippen molar-refractivity contribution in [2.45, 2.75) is 45.6 Å². The van der Waals surface area contributed by atoms with Crippen molar-refractivity contribution < 1.29 is 19.0 Å². The molecule has 0 radical (unpaired) electrons. The molecule has 1 heterocycles. The van der Waals surface area contributed by atoms with E-state index in [-0.39, 0.29) is 12.8 Å². The number of rotatable bonds is 8. The summed E-state index contributed by atoms with van der Waals surface area (Å²) in [6, 6.07) is 11.0. The normalized spacial score (nSPS) is 13.3. The lowest BCUT2D eigenvalue weighted by atomic mass is 9.97. The second kappa shape index (κ2) is 8.89. The van der Waals surface area contributed by atoms with E-state index in [1.807, 2.05) is 0 Å². The number of carbonyl (C=O) groups is 1. The number of fused-ring (bicyclic) bond motifs is 1. The average molecular weight is 371 g/mol. The minimum absolute atomic E-state index is 0.0828. The van der Waals surface area contributed by atoms with Crippen LogP contribution in [0.3, 0.4) is 0 Å². The van der Waals surface area contributed by atoms with Gasteiger partial charge in [-0.05, 0) is 42.9 Å². The Balaban J connectivity index is 1.72. The van der Waals surface area contributed by atoms with Crippen LogP contribution in [0, 0.1) is 5.82 Å². The molecule has 0 saturated heterocycles. The number of carboxylic acids is 1. The predicted molar refractivity (Wildman–Crippen MR) is 104 cm³/mol. The van der Waals surface area contributed by atoms with Crippen molar-refractivity contribution >= 4 is 11.7 Å². The van der Waals surface area contributed by atoms with Gasteiger partial charge in [0.1, 0.15) is 18.2 Å². The van der Waals surface area contributed by atoms with E-state index in [0.29, 0.717) is 17.9 Å². The molecule has 0 aliphatic carbocycles. The van der Waals surface area contributed by atoms with E-state index in [9.17, 15) is 9.18 Å². The Labute approximate surface area is 159 Å². The van der Waals surface area contributed by atoms with Crippen LogP contribution in [0.4, 0.5) is 10.1 Å². The molecular weight excluding hydrogens is 345 g/mol. The molecule has 1 N–H and O–H groups in total. The predicted octanol–water partition coefficient (Wildman–Crippen LogP) is 4.58. The zero-order chi connectivity index (χ0) is 19.2. The maximum Gasteiger partial charge on any atom is 0.303 e. The summed E-state index contributed by atoms with van der Waals surface area (Å²) in [7, 11) is 0. The molecule has 3 rings (SSSR count). The highest BCUT2D eigenvalue weighted by Crippen LogP contribution is 2.32. The zero-order valence-electron chi connectivity index (χ0n) is 15.7. The fraction of sp³-hybridized carbons (Fsp3) is 0.409. The first-order chi connectivity index (χ1) is 13.1. The lowest BCUT2D eigenvalue weighted by Crippen LogP contribution is -2.31. The number of ether oxygens (including phenoxy) is 1. The van der Waals surface area contributed by atoms with Crippen LogP contribution in [-0.2, 0) is 24.2 Å². The third-order valence-corrected chi connectivity index (χ3v) is 4.91. The monoisotopic (exact) mass is 371 g/mol. The Bertz CT molecular complexity index is 806. The number of nitrogens with zero attached hydrogens (tertiary/aromatic N) is 1. The molecule has 0 unspecified atom stereocenters. The van der Waals surface area contributed by atoms with E-state index < -0.39 is 11.8 Å². The van der Waals surface area contributed by atoms with Gasteiger partial charge in [-0.3, -0.25) is 4.79 Å². The van der Waals surface area contributed by atoms with Crippen molar-refractivity contribution in [3.63, 3.8) is 0 Å². The first-order valence-electron chi connectivity index (χ1n) is 9.57. The van der Waals surface area contributed by atoms with Gasteiger partial charge in [-0.15, -0.1) is 0 Å². The Morgan fingerprint density at radius 1 is 1.26 bits per heavy atom. The number of hydrogen-bond acceptors (Lipinski definition) is 3. The largest absolute Gasteiger partial charge is 0.489 e. The van der Waals surface area contributed by atoms with E-state index in [2.05, 4.69) is 30.0 Å². The Morgan fingerprint density at radius 2 is 2.11 bits per heavy atom. The summed E-state index contributed by atoms with van der Waals surface area (Å²) < 4.78 is 20.0. The molecule has 27 heavy (non-hydrogen) atoms. The second-order valence-corrected chi connectivity index (χ2v) is 6.95. The van der Waals surface area contributed by atoms with Crippen molar-refractivity contribution in [2.24, 2.45) is 0 Å². The zero-order valence-corrected chi connectivity index (χ0v) is 15.7. The number of para-hydroxylation sites is 1. The Morgan fingerprint density at radius 3 is 2.85 bits per heavy atom. The van der Waals surface area contributed by atoms with E-state index >= 15 is 0 Å². The number of carboxylic acid groups (broad SMARTS) is 1. The van der Waals surface area contributed by atoms with Crippen LogP contribution in [0.5, 0.6) is 5.75 Å². The highest BCUT2D eigenvalue weighted by Gasteiger charge is 2.19. The number of hydrogen-bond donors (Lipinski definition) is 1. The van der Waals surface area contributed by atoms with Gasteiger partial charge in [0.2, 0.25) is 0 Å². The summed E-state index contributed by atoms with van der Waals surface area (Å²) in [5, 5.41) is 8.74. The van der Waals surface area contributed by atoms with Crippen LogP contribution in [0.25, 0.3) is 0 Å². The number of aryl methyl sites for hydroxylation is 2. The number of halogens is 1. The van der Waals surface area contributed by atoms with Crippen LogP contribution >= 0.6 is 0 Å². The molecule has 5 heteroatoms. The maximum absolute atomic E-state index is 14.2. The smallest absolute Gasteiger partial charge is 0.303 e. The van der Waals surface area contributed by atoms with Crippen LogP contribution in [0.2, 0.25) is 0 Å². The number of aliphatic carboxylic acids is 1. The standard InChI is InChI=1S/C22H26FNO3/c1-2-12-24-13-4-7-17-5-3-6-18(22(17)24)15-27-19-10-8-16(20(23)14-19)9-11-21(25)26/h3,5-6,8,10,14H,2,4,7,9,11-13,15H2,1H3,(H,25,26). The number of benzene rings is 2. The molecule has 1 aliphatic rings. The van der Waals surface area contributed by atoms with Crippen LogP contribution in [0.15, 0.2) is 36.4 Å². The maximum atomic E-state index is 14.2. The van der Waals surface area contributed by atoms with Gasteiger partial charge >= 0.3 is 5.97 Å². The molecule has 2 aromatic rings. The van der Waals surface area contributed by atoms with Crippen LogP contribution in [0.1, 0.15) is 42.9 Å². The van der Waals surface area contributed by atoms with Crippen molar-refractivity contribution in [1.29, 1.82) is 0 Å². The van der Waals surface area contributed by atoms with Crippen molar-refractivity contribution in [3.05, 3.63) is 58.9 Å². The van der Waals surface area contributed by atoms with Crippen LogP contribution < -0.4 is 9.64 Å². The molecule has 4 nitrogen and oxygen atoms in total. The van der Waals surface area contributed by atoms with Gasteiger partial charge in [0, 0.05) is 36.8 Å². The Kier molecular flexibility index (Phi) is 6.32. The SMILES string of the molecule is CCCN1CCCc2cccc(COc3ccc(CCC(=O)O)c(F)c3)c21. The van der Waals surface area contributed by atoms with E-state index in [4.69, 9.17) is 9.84 Å². The summed E-state index contributed by atoms with van der Waals surface area (Å²) in [6.07, 6.45) is 3.44. The van der Waals surface area contributed by atoms with Crippen molar-refractivity contribution in [3.8, 4) is 5.75 Å². The minimum Gasteiger partial charge on any atom is -0.489 e. The summed E-state index contributed by atoms with van der Waals surface area (Å²) in [6.45, 7) is 4.65.